The van der Waals surface area contributed by atoms with Gasteiger partial charge in [0, 0.05) is 13.1 Å². The molecule has 0 aromatic carbocycles. The Morgan fingerprint density at radius 1 is 1.24 bits per heavy atom. The summed E-state index contributed by atoms with van der Waals surface area (Å²) in [5.74, 6) is 2.69. The first-order valence-corrected chi connectivity index (χ1v) is 8.63. The van der Waals surface area contributed by atoms with Crippen LogP contribution >= 0.6 is 11.6 Å². The number of nitrogens with zero attached hydrogens (tertiary/aromatic N) is 4. The smallest absolute Gasteiger partial charge is 0.159 e. The van der Waals surface area contributed by atoms with Crippen LogP contribution in [-0.2, 0) is 13.5 Å². The summed E-state index contributed by atoms with van der Waals surface area (Å²) < 4.78 is 4.47. The Hall–Kier alpha value is -1.03. The fraction of sp³-hybridized carbons (Fsp3) is 0.750. The van der Waals surface area contributed by atoms with Crippen LogP contribution < -0.4 is 0 Å². The highest BCUT2D eigenvalue weighted by atomic mass is 35.5. The molecule has 0 saturated heterocycles. The van der Waals surface area contributed by atoms with Crippen LogP contribution in [0.1, 0.15) is 62.5 Å². The van der Waals surface area contributed by atoms with Crippen LogP contribution in [0, 0.1) is 11.8 Å². The van der Waals surface area contributed by atoms with Crippen LogP contribution in [0.4, 0.5) is 0 Å². The van der Waals surface area contributed by atoms with Crippen molar-refractivity contribution >= 4 is 22.8 Å². The van der Waals surface area contributed by atoms with Gasteiger partial charge in [0.05, 0.1) is 11.1 Å². The van der Waals surface area contributed by atoms with Crippen LogP contribution in [0.25, 0.3) is 11.2 Å². The Morgan fingerprint density at radius 2 is 1.86 bits per heavy atom. The van der Waals surface area contributed by atoms with Gasteiger partial charge in [-0.25, -0.2) is 4.98 Å². The molecule has 0 amide bonds. The first kappa shape index (κ1) is 13.6. The molecule has 4 rings (SSSR count). The first-order chi connectivity index (χ1) is 10.1. The molecule has 2 aliphatic carbocycles. The van der Waals surface area contributed by atoms with E-state index in [1.54, 1.807) is 0 Å². The Balaban J connectivity index is 1.95. The highest BCUT2D eigenvalue weighted by molar-refractivity contribution is 6.20. The van der Waals surface area contributed by atoms with Crippen LogP contribution in [0.3, 0.4) is 0 Å². The van der Waals surface area contributed by atoms with Gasteiger partial charge in [-0.3, -0.25) is 4.68 Å². The number of hydrogen-bond donors (Lipinski definition) is 0. The maximum Gasteiger partial charge on any atom is 0.159 e. The molecule has 0 N–H and O–H groups in total. The highest BCUT2D eigenvalue weighted by Gasteiger charge is 2.44. The Labute approximate surface area is 130 Å². The molecule has 4 nitrogen and oxygen atoms in total. The summed E-state index contributed by atoms with van der Waals surface area (Å²) in [5.41, 5.74) is 3.34. The Morgan fingerprint density at radius 3 is 2.33 bits per heavy atom. The molecule has 0 radical (unpaired) electrons. The number of rotatable bonds is 5. The van der Waals surface area contributed by atoms with E-state index < -0.39 is 0 Å². The topological polar surface area (TPSA) is 35.6 Å². The normalized spacial score (nSPS) is 20.6. The minimum atomic E-state index is -0.0536. The third-order valence-corrected chi connectivity index (χ3v) is 5.16. The van der Waals surface area contributed by atoms with E-state index in [1.807, 2.05) is 18.7 Å². The molecule has 2 aromatic heterocycles. The standard InChI is InChI=1S/C16H23ClN4/c1-4-12-13-16(20(3)19-12)21(15(18-13)9(2)17)14(10-5-6-10)11-7-8-11/h9-11,14H,4-8H2,1-3H3. The lowest BCUT2D eigenvalue weighted by atomic mass is 10.1. The van der Waals surface area contributed by atoms with Gasteiger partial charge in [-0.1, -0.05) is 6.92 Å². The van der Waals surface area contributed by atoms with Gasteiger partial charge >= 0.3 is 0 Å². The molecule has 114 valence electrons. The van der Waals surface area contributed by atoms with Gasteiger partial charge in [-0.05, 0) is 50.9 Å². The molecule has 2 aliphatic rings. The van der Waals surface area contributed by atoms with Gasteiger partial charge in [0.1, 0.15) is 11.3 Å². The van der Waals surface area contributed by atoms with Gasteiger partial charge in [0.15, 0.2) is 5.65 Å². The molecule has 0 spiro atoms. The van der Waals surface area contributed by atoms with Gasteiger partial charge in [-0.15, -0.1) is 11.6 Å². The molecule has 5 heteroatoms. The van der Waals surface area contributed by atoms with Gasteiger partial charge in [0.2, 0.25) is 0 Å². The molecule has 2 saturated carbocycles. The van der Waals surface area contributed by atoms with E-state index in [9.17, 15) is 0 Å². The summed E-state index contributed by atoms with van der Waals surface area (Å²) in [6.07, 6.45) is 6.34. The van der Waals surface area contributed by atoms with Crippen molar-refractivity contribution in [2.45, 2.75) is 57.4 Å². The molecule has 21 heavy (non-hydrogen) atoms. The second-order valence-corrected chi connectivity index (χ2v) is 7.37. The fourth-order valence-electron chi connectivity index (χ4n) is 3.71. The third kappa shape index (κ3) is 2.10. The quantitative estimate of drug-likeness (QED) is 0.783. The lowest BCUT2D eigenvalue weighted by Gasteiger charge is -2.22. The number of imidazole rings is 1. The van der Waals surface area contributed by atoms with Crippen molar-refractivity contribution in [1.29, 1.82) is 0 Å². The summed E-state index contributed by atoms with van der Waals surface area (Å²) in [5, 5.41) is 4.61. The molecule has 0 bridgehead atoms. The zero-order chi connectivity index (χ0) is 14.7. The second-order valence-electron chi connectivity index (χ2n) is 6.72. The summed E-state index contributed by atoms with van der Waals surface area (Å²) >= 11 is 6.47. The number of aromatic nitrogens is 4. The summed E-state index contributed by atoms with van der Waals surface area (Å²) in [7, 11) is 2.04. The lowest BCUT2D eigenvalue weighted by molar-refractivity contribution is 0.387. The fourth-order valence-corrected chi connectivity index (χ4v) is 3.87. The summed E-state index contributed by atoms with van der Waals surface area (Å²) in [6, 6.07) is 0.589. The van der Waals surface area contributed by atoms with Gasteiger partial charge < -0.3 is 4.57 Å². The first-order valence-electron chi connectivity index (χ1n) is 8.19. The maximum atomic E-state index is 6.47. The van der Waals surface area contributed by atoms with Crippen molar-refractivity contribution < 1.29 is 0 Å². The molecular weight excluding hydrogens is 284 g/mol. The number of halogens is 1. The van der Waals surface area contributed by atoms with Crippen molar-refractivity contribution in [3.05, 3.63) is 11.5 Å². The van der Waals surface area contributed by atoms with E-state index in [-0.39, 0.29) is 5.38 Å². The molecular formula is C16H23ClN4. The predicted octanol–water partition coefficient (Wildman–Crippen LogP) is 3.99. The number of aryl methyl sites for hydroxylation is 2. The third-order valence-electron chi connectivity index (χ3n) is 4.96. The van der Waals surface area contributed by atoms with Crippen LogP contribution in [0.15, 0.2) is 0 Å². The maximum absolute atomic E-state index is 6.47. The Bertz CT molecular complexity index is 664. The van der Waals surface area contributed by atoms with E-state index in [0.29, 0.717) is 6.04 Å². The number of hydrogen-bond acceptors (Lipinski definition) is 2. The lowest BCUT2D eigenvalue weighted by Crippen LogP contribution is -2.18. The average molecular weight is 307 g/mol. The van der Waals surface area contributed by atoms with E-state index in [2.05, 4.69) is 16.6 Å². The highest BCUT2D eigenvalue weighted by Crippen LogP contribution is 2.53. The zero-order valence-electron chi connectivity index (χ0n) is 13.0. The predicted molar refractivity (Wildman–Crippen MR) is 84.6 cm³/mol. The van der Waals surface area contributed by atoms with E-state index >= 15 is 0 Å². The van der Waals surface area contributed by atoms with E-state index in [0.717, 1.165) is 35.3 Å². The van der Waals surface area contributed by atoms with Crippen LogP contribution in [0.5, 0.6) is 0 Å². The molecule has 1 atom stereocenters. The van der Waals surface area contributed by atoms with Gasteiger partial charge in [-0.2, -0.15) is 5.10 Å². The summed E-state index contributed by atoms with van der Waals surface area (Å²) in [4.78, 5) is 4.89. The molecule has 2 fully saturated rings. The number of alkyl halides is 1. The molecule has 0 aliphatic heterocycles. The minimum Gasteiger partial charge on any atom is -0.308 e. The largest absolute Gasteiger partial charge is 0.308 e. The Kier molecular flexibility index (Phi) is 3.07. The van der Waals surface area contributed by atoms with Crippen LogP contribution in [0.2, 0.25) is 0 Å². The SMILES string of the molecule is CCc1nn(C)c2c1nc(C(C)Cl)n2C(C1CC1)C1CC1. The minimum absolute atomic E-state index is 0.0536. The van der Waals surface area contributed by atoms with Crippen LogP contribution in [-0.4, -0.2) is 19.3 Å². The van der Waals surface area contributed by atoms with E-state index in [1.165, 1.54) is 31.3 Å². The second kappa shape index (κ2) is 4.73. The molecule has 1 unspecified atom stereocenters. The monoisotopic (exact) mass is 306 g/mol. The van der Waals surface area contributed by atoms with E-state index in [4.69, 9.17) is 16.6 Å². The number of fused-ring (bicyclic) bond motifs is 1. The zero-order valence-corrected chi connectivity index (χ0v) is 13.8. The van der Waals surface area contributed by atoms with Crippen molar-refractivity contribution in [3.63, 3.8) is 0 Å². The van der Waals surface area contributed by atoms with Gasteiger partial charge in [0.25, 0.3) is 0 Å². The molecule has 2 heterocycles. The van der Waals surface area contributed by atoms with Crippen molar-refractivity contribution in [1.82, 2.24) is 19.3 Å². The van der Waals surface area contributed by atoms with Crippen molar-refractivity contribution in [3.8, 4) is 0 Å². The molecule has 2 aromatic rings. The van der Waals surface area contributed by atoms with Crippen molar-refractivity contribution in [2.75, 3.05) is 0 Å². The summed E-state index contributed by atoms with van der Waals surface area (Å²) in [6.45, 7) is 4.18. The van der Waals surface area contributed by atoms with Crippen molar-refractivity contribution in [2.24, 2.45) is 18.9 Å². The average Bonchev–Trinajstić information content (AvgIpc) is 3.35.